The Morgan fingerprint density at radius 1 is 1.31 bits per heavy atom. The van der Waals surface area contributed by atoms with E-state index in [1.54, 1.807) is 0 Å². The van der Waals surface area contributed by atoms with Gasteiger partial charge in [0.15, 0.2) is 5.78 Å². The third-order valence-corrected chi connectivity index (χ3v) is 3.70. The van der Waals surface area contributed by atoms with E-state index in [0.717, 1.165) is 24.8 Å². The Morgan fingerprint density at radius 3 is 2.85 bits per heavy atom. The average molecular weight is 286 g/mol. The van der Waals surface area contributed by atoms with Crippen molar-refractivity contribution in [3.63, 3.8) is 0 Å². The van der Waals surface area contributed by atoms with E-state index in [4.69, 9.17) is 0 Å². The van der Waals surface area contributed by atoms with Crippen molar-refractivity contribution in [2.45, 2.75) is 26.2 Å². The molecular weight excluding hydrogens is 275 g/mol. The van der Waals surface area contributed by atoms with Crippen LogP contribution in [0.15, 0.2) is 12.1 Å². The Labute approximate surface area is 91.7 Å². The summed E-state index contributed by atoms with van der Waals surface area (Å²) in [6, 6.07) is 4.20. The molecule has 1 aliphatic carbocycles. The van der Waals surface area contributed by atoms with E-state index >= 15 is 0 Å². The zero-order chi connectivity index (χ0) is 9.42. The molecule has 0 N–H and O–H groups in total. The number of aryl methyl sites for hydroxylation is 2. The predicted molar refractivity (Wildman–Crippen MR) is 61.2 cm³/mol. The Morgan fingerprint density at radius 2 is 2.08 bits per heavy atom. The molecule has 0 atom stereocenters. The van der Waals surface area contributed by atoms with E-state index in [9.17, 15) is 4.79 Å². The molecule has 0 aromatic heterocycles. The van der Waals surface area contributed by atoms with Gasteiger partial charge in [0.25, 0.3) is 0 Å². The van der Waals surface area contributed by atoms with Crippen LogP contribution >= 0.6 is 22.6 Å². The van der Waals surface area contributed by atoms with Gasteiger partial charge in [-0.1, -0.05) is 6.07 Å². The topological polar surface area (TPSA) is 17.1 Å². The second kappa shape index (κ2) is 3.40. The van der Waals surface area contributed by atoms with Crippen LogP contribution in [0.4, 0.5) is 0 Å². The molecular formula is C11H11IO. The Balaban J connectivity index is 2.58. The minimum atomic E-state index is 0.319. The number of fused-ring (bicyclic) bond motifs is 1. The highest BCUT2D eigenvalue weighted by molar-refractivity contribution is 14.1. The van der Waals surface area contributed by atoms with E-state index in [-0.39, 0.29) is 0 Å². The molecule has 1 nitrogen and oxygen atoms in total. The number of benzene rings is 1. The van der Waals surface area contributed by atoms with Gasteiger partial charge in [-0.15, -0.1) is 0 Å². The summed E-state index contributed by atoms with van der Waals surface area (Å²) < 4.78 is 1.20. The largest absolute Gasteiger partial charge is 0.294 e. The molecule has 2 rings (SSSR count). The zero-order valence-corrected chi connectivity index (χ0v) is 9.72. The number of rotatable bonds is 0. The number of ketones is 1. The van der Waals surface area contributed by atoms with Crippen LogP contribution in [-0.4, -0.2) is 5.78 Å². The van der Waals surface area contributed by atoms with Gasteiger partial charge in [0.2, 0.25) is 0 Å². The summed E-state index contributed by atoms with van der Waals surface area (Å²) in [6.07, 6.45) is 2.82. The molecule has 0 saturated heterocycles. The lowest BCUT2D eigenvalue weighted by Crippen LogP contribution is -2.11. The van der Waals surface area contributed by atoms with E-state index in [0.29, 0.717) is 5.78 Å². The van der Waals surface area contributed by atoms with Crippen molar-refractivity contribution in [3.05, 3.63) is 32.4 Å². The normalized spacial score (nSPS) is 15.7. The zero-order valence-electron chi connectivity index (χ0n) is 7.56. The van der Waals surface area contributed by atoms with Gasteiger partial charge >= 0.3 is 0 Å². The van der Waals surface area contributed by atoms with Crippen molar-refractivity contribution in [1.29, 1.82) is 0 Å². The van der Waals surface area contributed by atoms with Crippen LogP contribution in [-0.2, 0) is 6.42 Å². The van der Waals surface area contributed by atoms with Crippen molar-refractivity contribution in [2.75, 3.05) is 0 Å². The number of carbonyl (C=O) groups is 1. The molecule has 1 aromatic carbocycles. The quantitative estimate of drug-likeness (QED) is 0.670. The molecule has 1 aromatic rings. The van der Waals surface area contributed by atoms with Crippen LogP contribution < -0.4 is 0 Å². The van der Waals surface area contributed by atoms with Crippen molar-refractivity contribution in [3.8, 4) is 0 Å². The van der Waals surface area contributed by atoms with E-state index in [1.165, 1.54) is 14.7 Å². The van der Waals surface area contributed by atoms with Gasteiger partial charge in [-0.3, -0.25) is 4.79 Å². The minimum absolute atomic E-state index is 0.319. The fourth-order valence-corrected chi connectivity index (χ4v) is 2.25. The molecule has 0 fully saturated rings. The molecule has 0 bridgehead atoms. The highest BCUT2D eigenvalue weighted by Gasteiger charge is 2.17. The standard InChI is InChI=1S/C11H11IO/c1-7-5-8-3-2-4-11(13)9(8)6-10(7)12/h5-6H,2-4H2,1H3. The van der Waals surface area contributed by atoms with Crippen LogP contribution in [0, 0.1) is 10.5 Å². The van der Waals surface area contributed by atoms with E-state index < -0.39 is 0 Å². The van der Waals surface area contributed by atoms with Crippen molar-refractivity contribution in [2.24, 2.45) is 0 Å². The van der Waals surface area contributed by atoms with Gasteiger partial charge in [-0.25, -0.2) is 0 Å². The molecule has 0 amide bonds. The van der Waals surface area contributed by atoms with Crippen LogP contribution in [0.25, 0.3) is 0 Å². The maximum atomic E-state index is 11.5. The van der Waals surface area contributed by atoms with Crippen molar-refractivity contribution < 1.29 is 4.79 Å². The van der Waals surface area contributed by atoms with Crippen molar-refractivity contribution >= 4 is 28.4 Å². The lowest BCUT2D eigenvalue weighted by molar-refractivity contribution is 0.0972. The molecule has 0 spiro atoms. The average Bonchev–Trinajstić information content (AvgIpc) is 2.09. The minimum Gasteiger partial charge on any atom is -0.294 e. The summed E-state index contributed by atoms with van der Waals surface area (Å²) in [4.78, 5) is 11.5. The molecule has 2 heteroatoms. The SMILES string of the molecule is Cc1cc2c(cc1I)C(=O)CCC2. The first-order valence-electron chi connectivity index (χ1n) is 4.50. The lowest BCUT2D eigenvalue weighted by Gasteiger charge is -2.15. The molecule has 0 aliphatic heterocycles. The van der Waals surface area contributed by atoms with Crippen LogP contribution in [0.1, 0.15) is 34.3 Å². The smallest absolute Gasteiger partial charge is 0.163 e. The van der Waals surface area contributed by atoms with E-state index in [1.807, 2.05) is 6.07 Å². The first kappa shape index (κ1) is 9.19. The summed E-state index contributed by atoms with van der Waals surface area (Å²) in [7, 11) is 0. The first-order valence-corrected chi connectivity index (χ1v) is 5.58. The summed E-state index contributed by atoms with van der Waals surface area (Å²) >= 11 is 2.29. The molecule has 0 heterocycles. The second-order valence-corrected chi connectivity index (χ2v) is 4.70. The summed E-state index contributed by atoms with van der Waals surface area (Å²) in [6.45, 7) is 2.10. The number of halogens is 1. The summed E-state index contributed by atoms with van der Waals surface area (Å²) in [5, 5.41) is 0. The Bertz CT molecular complexity index is 369. The third kappa shape index (κ3) is 1.64. The van der Waals surface area contributed by atoms with E-state index in [2.05, 4.69) is 35.6 Å². The highest BCUT2D eigenvalue weighted by atomic mass is 127. The first-order chi connectivity index (χ1) is 6.18. The Hall–Kier alpha value is -0.380. The van der Waals surface area contributed by atoms with Gasteiger partial charge in [0, 0.05) is 15.6 Å². The van der Waals surface area contributed by atoms with Gasteiger partial charge in [-0.05, 0) is 59.5 Å². The monoisotopic (exact) mass is 286 g/mol. The molecule has 0 radical (unpaired) electrons. The van der Waals surface area contributed by atoms with Crippen LogP contribution in [0.5, 0.6) is 0 Å². The van der Waals surface area contributed by atoms with Crippen LogP contribution in [0.3, 0.4) is 0 Å². The summed E-state index contributed by atoms with van der Waals surface area (Å²) in [5.74, 6) is 0.319. The van der Waals surface area contributed by atoms with Crippen molar-refractivity contribution in [1.82, 2.24) is 0 Å². The number of Topliss-reactive ketones (excluding diaryl/α,β-unsaturated/α-hetero) is 1. The fraction of sp³-hybridized carbons (Fsp3) is 0.364. The van der Waals surface area contributed by atoms with Crippen LogP contribution in [0.2, 0.25) is 0 Å². The molecule has 0 unspecified atom stereocenters. The highest BCUT2D eigenvalue weighted by Crippen LogP contribution is 2.25. The maximum absolute atomic E-state index is 11.5. The van der Waals surface area contributed by atoms with Gasteiger partial charge in [0.1, 0.15) is 0 Å². The predicted octanol–water partition coefficient (Wildman–Crippen LogP) is 3.12. The molecule has 13 heavy (non-hydrogen) atoms. The molecule has 68 valence electrons. The summed E-state index contributed by atoms with van der Waals surface area (Å²) in [5.41, 5.74) is 3.49. The Kier molecular flexibility index (Phi) is 2.41. The fourth-order valence-electron chi connectivity index (χ4n) is 1.78. The number of hydrogen-bond donors (Lipinski definition) is 0. The maximum Gasteiger partial charge on any atom is 0.163 e. The second-order valence-electron chi connectivity index (χ2n) is 3.54. The number of hydrogen-bond acceptors (Lipinski definition) is 1. The molecule has 0 saturated carbocycles. The lowest BCUT2D eigenvalue weighted by atomic mass is 9.90. The third-order valence-electron chi connectivity index (χ3n) is 2.53. The van der Waals surface area contributed by atoms with Gasteiger partial charge in [0.05, 0.1) is 0 Å². The number of carbonyl (C=O) groups excluding carboxylic acids is 1. The van der Waals surface area contributed by atoms with Gasteiger partial charge in [-0.2, -0.15) is 0 Å². The molecule has 1 aliphatic rings. The van der Waals surface area contributed by atoms with Gasteiger partial charge < -0.3 is 0 Å².